The van der Waals surface area contributed by atoms with Crippen LogP contribution < -0.4 is 123 Å². The van der Waals surface area contributed by atoms with Crippen molar-refractivity contribution in [3.8, 4) is 0 Å². The van der Waals surface area contributed by atoms with Gasteiger partial charge in [-0.25, -0.2) is 0 Å². The van der Waals surface area contributed by atoms with Crippen molar-refractivity contribution in [3.05, 3.63) is 29.3 Å². The summed E-state index contributed by atoms with van der Waals surface area (Å²) in [4.78, 5) is 31.3. The van der Waals surface area contributed by atoms with Crippen LogP contribution in [-0.2, 0) is 0 Å². The molecule has 0 saturated heterocycles. The zero-order valence-electron chi connectivity index (χ0n) is 7.36. The molecular weight excluding hydrogens is 265 g/mol. The van der Waals surface area contributed by atoms with Gasteiger partial charge in [0, 0.05) is 0 Å². The molecule has 1 aromatic rings. The van der Waals surface area contributed by atoms with Gasteiger partial charge < -0.3 is 14.7 Å². The molecule has 60 valence electrons. The van der Waals surface area contributed by atoms with Crippen LogP contribution in [0.5, 0.6) is 0 Å². The predicted molar refractivity (Wildman–Crippen MR) is 38.0 cm³/mol. The molecule has 0 N–H and O–H groups in total. The van der Waals surface area contributed by atoms with Crippen molar-refractivity contribution in [2.75, 3.05) is 0 Å². The van der Waals surface area contributed by atoms with Crippen molar-refractivity contribution < 1.29 is 117 Å². The molecule has 0 fully saturated rings. The Hall–Kier alpha value is 3.09. The quantitative estimate of drug-likeness (QED) is 0.375. The smallest absolute Gasteiger partial charge is 0.683 e. The predicted octanol–water partition coefficient (Wildman–Crippen LogP) is -7.18. The van der Waals surface area contributed by atoms with Crippen molar-refractivity contribution >= 4 is 24.8 Å². The van der Waals surface area contributed by atoms with Gasteiger partial charge in [-0.15, -0.1) is 7.94 Å². The molecule has 0 saturated carbocycles. The zero-order valence-corrected chi connectivity index (χ0v) is 15.3. The van der Waals surface area contributed by atoms with Gasteiger partial charge in [0.15, 0.2) is 0 Å². The van der Waals surface area contributed by atoms with E-state index in [-0.39, 0.29) is 113 Å². The van der Waals surface area contributed by atoms with Crippen molar-refractivity contribution in [3.63, 3.8) is 0 Å². The van der Waals surface area contributed by atoms with Crippen molar-refractivity contribution in [1.29, 1.82) is 0 Å². The maximum absolute atomic E-state index is 10.4. The average Bonchev–Trinajstić information content (AvgIpc) is 1.86. The number of rotatable bonds is 1. The standard InChI is InChI=1S/C6H6ClO3P.2K/c7-5-3-1-2-4-6(5)11(8,9)10;;/h1-4H,(H2,8,9,10);;/q;2*+1/p-2. The van der Waals surface area contributed by atoms with Gasteiger partial charge in [-0.2, -0.15) is 0 Å². The largest absolute Gasteiger partial charge is 1.00 e. The van der Waals surface area contributed by atoms with E-state index in [0.717, 1.165) is 0 Å². The molecule has 0 aliphatic rings. The summed E-state index contributed by atoms with van der Waals surface area (Å²) in [5.74, 6) is 0. The fourth-order valence-corrected chi connectivity index (χ4v) is 1.72. The van der Waals surface area contributed by atoms with Crippen LogP contribution in [0.2, 0.25) is 5.02 Å². The Morgan fingerprint density at radius 1 is 1.00 bits per heavy atom. The molecule has 0 bridgehead atoms. The normalized spacial score (nSPS) is 9.85. The molecular formula is C6H4ClK2O3P. The first-order chi connectivity index (χ1) is 5.02. The molecule has 0 aliphatic heterocycles. The number of benzene rings is 1. The van der Waals surface area contributed by atoms with E-state index in [0.29, 0.717) is 0 Å². The summed E-state index contributed by atoms with van der Waals surface area (Å²) >= 11 is 5.44. The third kappa shape index (κ3) is 6.41. The van der Waals surface area contributed by atoms with Gasteiger partial charge in [-0.3, -0.25) is 0 Å². The van der Waals surface area contributed by atoms with Crippen LogP contribution in [0.25, 0.3) is 0 Å². The molecule has 1 aromatic carbocycles. The van der Waals surface area contributed by atoms with Gasteiger partial charge in [-0.05, 0) is 12.1 Å². The fourth-order valence-electron chi connectivity index (χ4n) is 0.674. The molecule has 0 aromatic heterocycles. The monoisotopic (exact) mass is 268 g/mol. The number of halogens is 1. The topological polar surface area (TPSA) is 69.2 Å². The first-order valence-corrected chi connectivity index (χ1v) is 4.71. The second kappa shape index (κ2) is 8.22. The molecule has 0 unspecified atom stereocenters. The van der Waals surface area contributed by atoms with E-state index in [9.17, 15) is 14.7 Å². The minimum atomic E-state index is -4.69. The van der Waals surface area contributed by atoms with Gasteiger partial charge in [0.25, 0.3) is 0 Å². The van der Waals surface area contributed by atoms with Crippen LogP contribution >= 0.6 is 19.5 Å². The van der Waals surface area contributed by atoms with E-state index < -0.39 is 7.94 Å². The Morgan fingerprint density at radius 3 is 1.77 bits per heavy atom. The number of hydrogen-bond donors (Lipinski definition) is 0. The summed E-state index contributed by atoms with van der Waals surface area (Å²) < 4.78 is 0. The summed E-state index contributed by atoms with van der Waals surface area (Å²) in [5.41, 5.74) is 0. The van der Waals surface area contributed by atoms with Gasteiger partial charge in [0.05, 0.1) is 10.3 Å². The van der Waals surface area contributed by atoms with Gasteiger partial charge >= 0.3 is 103 Å². The number of hydrogen-bond acceptors (Lipinski definition) is 3. The van der Waals surface area contributed by atoms with Crippen molar-refractivity contribution in [1.82, 2.24) is 0 Å². The molecule has 0 atom stereocenters. The van der Waals surface area contributed by atoms with Crippen LogP contribution in [0.3, 0.4) is 0 Å². The molecule has 0 radical (unpaired) electrons. The Labute approximate surface area is 167 Å². The molecule has 0 spiro atoms. The Morgan fingerprint density at radius 2 is 1.46 bits per heavy atom. The Bertz CT molecular complexity index is 266. The third-order valence-electron chi connectivity index (χ3n) is 1.15. The molecule has 0 heterocycles. The van der Waals surface area contributed by atoms with Crippen LogP contribution in [-0.4, -0.2) is 0 Å². The third-order valence-corrected chi connectivity index (χ3v) is 2.59. The van der Waals surface area contributed by atoms with E-state index in [2.05, 4.69) is 0 Å². The summed E-state index contributed by atoms with van der Waals surface area (Å²) in [6.07, 6.45) is 0. The van der Waals surface area contributed by atoms with E-state index in [4.69, 9.17) is 11.6 Å². The van der Waals surface area contributed by atoms with Gasteiger partial charge in [0.1, 0.15) is 0 Å². The zero-order chi connectivity index (χ0) is 8.48. The van der Waals surface area contributed by atoms with Crippen LogP contribution in [0.1, 0.15) is 0 Å². The van der Waals surface area contributed by atoms with Crippen LogP contribution in [0.4, 0.5) is 0 Å². The first kappa shape index (κ1) is 18.5. The van der Waals surface area contributed by atoms with Crippen molar-refractivity contribution in [2.24, 2.45) is 0 Å². The molecule has 13 heavy (non-hydrogen) atoms. The Kier molecular flexibility index (Phi) is 11.7. The maximum atomic E-state index is 10.4. The van der Waals surface area contributed by atoms with E-state index in [1.165, 1.54) is 18.2 Å². The van der Waals surface area contributed by atoms with E-state index in [1.54, 1.807) is 6.07 Å². The van der Waals surface area contributed by atoms with Crippen LogP contribution in [0, 0.1) is 0 Å². The maximum Gasteiger partial charge on any atom is 1.00 e. The first-order valence-electron chi connectivity index (χ1n) is 2.79. The Balaban J connectivity index is 0. The minimum Gasteiger partial charge on any atom is -0.683 e. The second-order valence-electron chi connectivity index (χ2n) is 1.95. The molecule has 7 heteroatoms. The van der Waals surface area contributed by atoms with E-state index >= 15 is 0 Å². The molecule has 0 aliphatic carbocycles. The summed E-state index contributed by atoms with van der Waals surface area (Å²) in [6.45, 7) is 0. The molecule has 3 nitrogen and oxygen atoms in total. The van der Waals surface area contributed by atoms with Gasteiger partial charge in [0.2, 0.25) is 0 Å². The minimum absolute atomic E-state index is 0. The SMILES string of the molecule is [K+].[K+].[O-][P+]([O-])([O-])c1ccccc1Cl. The average molecular weight is 269 g/mol. The second-order valence-corrected chi connectivity index (χ2v) is 3.83. The van der Waals surface area contributed by atoms with Gasteiger partial charge in [-0.1, -0.05) is 23.7 Å². The van der Waals surface area contributed by atoms with Crippen molar-refractivity contribution in [2.45, 2.75) is 0 Å². The van der Waals surface area contributed by atoms with Crippen LogP contribution in [0.15, 0.2) is 24.3 Å². The molecule has 0 amide bonds. The molecule has 1 rings (SSSR count). The van der Waals surface area contributed by atoms with E-state index in [1.807, 2.05) is 0 Å². The summed E-state index contributed by atoms with van der Waals surface area (Å²) in [7, 11) is -4.69. The fraction of sp³-hybridized carbons (Fsp3) is 0. The summed E-state index contributed by atoms with van der Waals surface area (Å²) in [6, 6.07) is 5.55. The summed E-state index contributed by atoms with van der Waals surface area (Å²) in [5, 5.41) is -0.373.